The van der Waals surface area contributed by atoms with Crippen molar-refractivity contribution in [3.8, 4) is 0 Å². The summed E-state index contributed by atoms with van der Waals surface area (Å²) in [6, 6.07) is 0. The molecule has 62 valence electrons. The van der Waals surface area contributed by atoms with Crippen LogP contribution in [0.25, 0.3) is 12.3 Å². The molecule has 3 nitrogen and oxygen atoms in total. The van der Waals surface area contributed by atoms with E-state index < -0.39 is 0 Å². The van der Waals surface area contributed by atoms with E-state index in [1.54, 1.807) is 6.20 Å². The predicted molar refractivity (Wildman–Crippen MR) is 47.0 cm³/mol. The first-order valence-corrected chi connectivity index (χ1v) is 3.84. The summed E-state index contributed by atoms with van der Waals surface area (Å²) in [4.78, 5) is 8.15. The van der Waals surface area contributed by atoms with Crippen LogP contribution in [0.1, 0.15) is 13.8 Å². The van der Waals surface area contributed by atoms with Gasteiger partial charge in [-0.3, -0.25) is 4.99 Å². The monoisotopic (exact) mass is 162 g/mol. The van der Waals surface area contributed by atoms with Gasteiger partial charge in [-0.15, -0.1) is 0 Å². The largest absolute Gasteiger partial charge is 0.444 e. The summed E-state index contributed by atoms with van der Waals surface area (Å²) >= 11 is 0. The average Bonchev–Trinajstić information content (AvgIpc) is 2.31. The maximum Gasteiger partial charge on any atom is 0.182 e. The topological polar surface area (TPSA) is 38.4 Å². The predicted octanol–water partition coefficient (Wildman–Crippen LogP) is 0.304. The molecule has 0 saturated heterocycles. The second-order valence-electron chi connectivity index (χ2n) is 3.47. The van der Waals surface area contributed by atoms with Gasteiger partial charge in [0.15, 0.2) is 11.8 Å². The molecule has 0 aliphatic carbocycles. The lowest BCUT2D eigenvalue weighted by Crippen LogP contribution is -2.23. The standard InChI is InChI=1S/C9H10N2O/c1-9(2)3-8-7(4-10-5-9)11-6-12-8/h3-6H,1-2H3. The quantitative estimate of drug-likeness (QED) is 0.550. The second-order valence-corrected chi connectivity index (χ2v) is 3.47. The Labute approximate surface area is 70.1 Å². The van der Waals surface area contributed by atoms with Crippen molar-refractivity contribution in [3.63, 3.8) is 0 Å². The van der Waals surface area contributed by atoms with Crippen LogP contribution in [-0.4, -0.2) is 11.2 Å². The summed E-state index contributed by atoms with van der Waals surface area (Å²) in [6.45, 7) is 4.14. The molecule has 1 aliphatic heterocycles. The van der Waals surface area contributed by atoms with Gasteiger partial charge in [0, 0.05) is 11.6 Å². The van der Waals surface area contributed by atoms with Crippen LogP contribution in [0.15, 0.2) is 15.8 Å². The average molecular weight is 162 g/mol. The summed E-state index contributed by atoms with van der Waals surface area (Å²) in [5.74, 6) is 0. The van der Waals surface area contributed by atoms with E-state index in [9.17, 15) is 0 Å². The smallest absolute Gasteiger partial charge is 0.182 e. The van der Waals surface area contributed by atoms with E-state index in [4.69, 9.17) is 4.42 Å². The van der Waals surface area contributed by atoms with Gasteiger partial charge in [0.1, 0.15) is 5.35 Å². The minimum absolute atomic E-state index is 0.0543. The van der Waals surface area contributed by atoms with Gasteiger partial charge in [-0.2, -0.15) is 0 Å². The summed E-state index contributed by atoms with van der Waals surface area (Å²) < 4.78 is 5.19. The van der Waals surface area contributed by atoms with Gasteiger partial charge < -0.3 is 4.42 Å². The molecule has 1 aromatic heterocycles. The fraction of sp³-hybridized carbons (Fsp3) is 0.333. The third-order valence-corrected chi connectivity index (χ3v) is 1.73. The fourth-order valence-corrected chi connectivity index (χ4v) is 1.14. The van der Waals surface area contributed by atoms with Crippen molar-refractivity contribution >= 4 is 18.5 Å². The van der Waals surface area contributed by atoms with Crippen LogP contribution in [0.2, 0.25) is 0 Å². The molecular formula is C9H10N2O. The molecule has 0 radical (unpaired) electrons. The van der Waals surface area contributed by atoms with Gasteiger partial charge in [0.05, 0.1) is 6.20 Å². The van der Waals surface area contributed by atoms with Crippen LogP contribution in [0.5, 0.6) is 0 Å². The Balaban J connectivity index is 2.75. The Kier molecular flexibility index (Phi) is 1.40. The minimum atomic E-state index is -0.0543. The zero-order valence-electron chi connectivity index (χ0n) is 7.11. The third-order valence-electron chi connectivity index (χ3n) is 1.73. The molecule has 0 unspecified atom stereocenters. The van der Waals surface area contributed by atoms with Crippen LogP contribution in [0, 0.1) is 5.41 Å². The number of fused-ring (bicyclic) bond motifs is 1. The molecule has 0 N–H and O–H groups in total. The van der Waals surface area contributed by atoms with E-state index in [0.29, 0.717) is 0 Å². The zero-order valence-corrected chi connectivity index (χ0v) is 7.11. The number of aliphatic imine (C=N–C) groups is 1. The summed E-state index contributed by atoms with van der Waals surface area (Å²) in [5.41, 5.74) is 0.749. The van der Waals surface area contributed by atoms with E-state index in [1.807, 2.05) is 12.3 Å². The van der Waals surface area contributed by atoms with Crippen LogP contribution in [0.3, 0.4) is 0 Å². The Morgan fingerprint density at radius 1 is 1.42 bits per heavy atom. The fourth-order valence-electron chi connectivity index (χ4n) is 1.14. The highest BCUT2D eigenvalue weighted by atomic mass is 16.3. The number of aromatic nitrogens is 1. The van der Waals surface area contributed by atoms with E-state index in [1.165, 1.54) is 6.39 Å². The van der Waals surface area contributed by atoms with Gasteiger partial charge >= 0.3 is 0 Å². The number of hydrogen-bond donors (Lipinski definition) is 0. The number of oxazole rings is 1. The molecule has 2 heterocycles. The molecule has 1 aromatic rings. The van der Waals surface area contributed by atoms with Crippen molar-refractivity contribution in [2.45, 2.75) is 13.8 Å². The Bertz CT molecular complexity index is 426. The maximum atomic E-state index is 5.19. The number of nitrogens with zero attached hydrogens (tertiary/aromatic N) is 2. The Hall–Kier alpha value is -1.38. The molecule has 0 aromatic carbocycles. The lowest BCUT2D eigenvalue weighted by atomic mass is 9.95. The van der Waals surface area contributed by atoms with Crippen molar-refractivity contribution in [3.05, 3.63) is 17.2 Å². The minimum Gasteiger partial charge on any atom is -0.444 e. The lowest BCUT2D eigenvalue weighted by molar-refractivity contribution is 0.518. The summed E-state index contributed by atoms with van der Waals surface area (Å²) in [6.07, 6.45) is 7.05. The molecule has 2 rings (SSSR count). The van der Waals surface area contributed by atoms with Crippen molar-refractivity contribution in [1.29, 1.82) is 0 Å². The van der Waals surface area contributed by atoms with Crippen molar-refractivity contribution in [2.24, 2.45) is 10.4 Å². The van der Waals surface area contributed by atoms with Crippen molar-refractivity contribution < 1.29 is 4.42 Å². The molecule has 0 bridgehead atoms. The van der Waals surface area contributed by atoms with Crippen LogP contribution >= 0.6 is 0 Å². The maximum absolute atomic E-state index is 5.19. The van der Waals surface area contributed by atoms with Crippen molar-refractivity contribution in [1.82, 2.24) is 4.98 Å². The van der Waals surface area contributed by atoms with E-state index in [-0.39, 0.29) is 5.41 Å². The molecule has 0 spiro atoms. The molecule has 3 heteroatoms. The normalized spacial score (nSPS) is 18.8. The molecule has 0 saturated carbocycles. The Morgan fingerprint density at radius 2 is 2.25 bits per heavy atom. The first-order chi connectivity index (χ1) is 5.67. The number of rotatable bonds is 0. The third kappa shape index (κ3) is 1.18. The highest BCUT2D eigenvalue weighted by Gasteiger charge is 2.12. The van der Waals surface area contributed by atoms with Crippen LogP contribution < -0.4 is 10.8 Å². The van der Waals surface area contributed by atoms with Gasteiger partial charge in [-0.05, 0) is 6.08 Å². The molecule has 0 fully saturated rings. The van der Waals surface area contributed by atoms with E-state index in [0.717, 1.165) is 10.8 Å². The van der Waals surface area contributed by atoms with Crippen LogP contribution in [-0.2, 0) is 0 Å². The highest BCUT2D eigenvalue weighted by molar-refractivity contribution is 5.76. The molecule has 0 atom stereocenters. The van der Waals surface area contributed by atoms with E-state index in [2.05, 4.69) is 23.8 Å². The SMILES string of the molecule is CC1(C)C=NC=c2ncoc2=C1. The molecule has 12 heavy (non-hydrogen) atoms. The first kappa shape index (κ1) is 7.28. The summed E-state index contributed by atoms with van der Waals surface area (Å²) in [5, 5.41) is 0.803. The van der Waals surface area contributed by atoms with Crippen molar-refractivity contribution in [2.75, 3.05) is 0 Å². The lowest BCUT2D eigenvalue weighted by Gasteiger charge is -2.09. The molecule has 1 aliphatic rings. The van der Waals surface area contributed by atoms with Crippen LogP contribution in [0.4, 0.5) is 0 Å². The van der Waals surface area contributed by atoms with Gasteiger partial charge in [0.2, 0.25) is 0 Å². The number of hydrogen-bond acceptors (Lipinski definition) is 3. The highest BCUT2D eigenvalue weighted by Crippen LogP contribution is 2.13. The summed E-state index contributed by atoms with van der Waals surface area (Å²) in [7, 11) is 0. The zero-order chi connectivity index (χ0) is 8.60. The second kappa shape index (κ2) is 2.30. The molecule has 0 amide bonds. The van der Waals surface area contributed by atoms with Gasteiger partial charge in [-0.1, -0.05) is 13.8 Å². The van der Waals surface area contributed by atoms with E-state index >= 15 is 0 Å². The first-order valence-electron chi connectivity index (χ1n) is 3.84. The van der Waals surface area contributed by atoms with Gasteiger partial charge in [-0.25, -0.2) is 4.98 Å². The molecular weight excluding hydrogens is 152 g/mol. The Morgan fingerprint density at radius 3 is 3.08 bits per heavy atom. The van der Waals surface area contributed by atoms with Gasteiger partial charge in [0.25, 0.3) is 0 Å².